The van der Waals surface area contributed by atoms with E-state index in [2.05, 4.69) is 4.98 Å². The molecule has 1 atom stereocenters. The highest BCUT2D eigenvalue weighted by Gasteiger charge is 2.35. The quantitative estimate of drug-likeness (QED) is 0.799. The first-order chi connectivity index (χ1) is 12.9. The van der Waals surface area contributed by atoms with E-state index in [1.165, 1.54) is 4.31 Å². The zero-order chi connectivity index (χ0) is 19.0. The van der Waals surface area contributed by atoms with Crippen molar-refractivity contribution in [2.24, 2.45) is 0 Å². The van der Waals surface area contributed by atoms with Gasteiger partial charge in [0.15, 0.2) is 0 Å². The van der Waals surface area contributed by atoms with E-state index in [0.717, 1.165) is 11.3 Å². The van der Waals surface area contributed by atoms with Crippen molar-refractivity contribution in [2.45, 2.75) is 37.1 Å². The number of carbonyl (C=O) groups is 1. The molecule has 1 aromatic carbocycles. The molecular formula is C19H22N4O3S. The van der Waals surface area contributed by atoms with Crippen molar-refractivity contribution >= 4 is 15.9 Å². The third-order valence-corrected chi connectivity index (χ3v) is 7.17. The molecule has 2 aliphatic rings. The number of rotatable bonds is 3. The number of nitrogens with zero attached hydrogens (tertiary/aromatic N) is 4. The zero-order valence-electron chi connectivity index (χ0n) is 15.2. The van der Waals surface area contributed by atoms with Crippen LogP contribution in [0, 0.1) is 0 Å². The predicted molar refractivity (Wildman–Crippen MR) is 99.4 cm³/mol. The largest absolute Gasteiger partial charge is 0.338 e. The van der Waals surface area contributed by atoms with E-state index in [4.69, 9.17) is 4.98 Å². The molecule has 3 heterocycles. The van der Waals surface area contributed by atoms with Gasteiger partial charge in [-0.05, 0) is 18.6 Å². The summed E-state index contributed by atoms with van der Waals surface area (Å²) in [4.78, 5) is 22.9. The Bertz CT molecular complexity index is 962. The second kappa shape index (κ2) is 7.01. The first kappa shape index (κ1) is 18.1. The lowest BCUT2D eigenvalue weighted by molar-refractivity contribution is -0.129. The Morgan fingerprint density at radius 1 is 1.19 bits per heavy atom. The van der Waals surface area contributed by atoms with Crippen molar-refractivity contribution in [1.29, 1.82) is 0 Å². The Labute approximate surface area is 159 Å². The smallest absolute Gasteiger partial charge is 0.243 e. The van der Waals surface area contributed by atoms with E-state index in [1.54, 1.807) is 48.4 Å². The summed E-state index contributed by atoms with van der Waals surface area (Å²) >= 11 is 0. The molecule has 1 unspecified atom stereocenters. The minimum Gasteiger partial charge on any atom is -0.338 e. The van der Waals surface area contributed by atoms with E-state index < -0.39 is 10.0 Å². The number of aromatic nitrogens is 2. The first-order valence-corrected chi connectivity index (χ1v) is 10.5. The molecular weight excluding hydrogens is 364 g/mol. The van der Waals surface area contributed by atoms with Crippen molar-refractivity contribution in [3.05, 3.63) is 53.6 Å². The van der Waals surface area contributed by atoms with Crippen LogP contribution in [0.5, 0.6) is 0 Å². The molecule has 27 heavy (non-hydrogen) atoms. The van der Waals surface area contributed by atoms with E-state index >= 15 is 0 Å². The van der Waals surface area contributed by atoms with Crippen LogP contribution in [0.2, 0.25) is 0 Å². The molecule has 2 aromatic rings. The molecule has 0 saturated carbocycles. The van der Waals surface area contributed by atoms with Crippen molar-refractivity contribution < 1.29 is 13.2 Å². The van der Waals surface area contributed by atoms with Crippen LogP contribution in [0.4, 0.5) is 0 Å². The summed E-state index contributed by atoms with van der Waals surface area (Å²) < 4.78 is 27.1. The molecule has 0 radical (unpaired) electrons. The van der Waals surface area contributed by atoms with Gasteiger partial charge >= 0.3 is 0 Å². The Morgan fingerprint density at radius 2 is 1.96 bits per heavy atom. The zero-order valence-corrected chi connectivity index (χ0v) is 16.0. The Balaban J connectivity index is 1.51. The molecule has 4 rings (SSSR count). The van der Waals surface area contributed by atoms with Gasteiger partial charge in [0, 0.05) is 57.2 Å². The number of fused-ring (bicyclic) bond motifs is 1. The lowest BCUT2D eigenvalue weighted by atomic mass is 10.0. The van der Waals surface area contributed by atoms with Gasteiger partial charge in [0.2, 0.25) is 15.9 Å². The highest BCUT2D eigenvalue weighted by atomic mass is 32.2. The van der Waals surface area contributed by atoms with Crippen LogP contribution in [0.3, 0.4) is 0 Å². The van der Waals surface area contributed by atoms with Crippen LogP contribution in [-0.2, 0) is 27.8 Å². The van der Waals surface area contributed by atoms with Gasteiger partial charge in [-0.1, -0.05) is 18.2 Å². The van der Waals surface area contributed by atoms with E-state index in [1.807, 2.05) is 0 Å². The van der Waals surface area contributed by atoms with Crippen LogP contribution < -0.4 is 0 Å². The summed E-state index contributed by atoms with van der Waals surface area (Å²) in [5.41, 5.74) is 1.95. The number of hydrogen-bond acceptors (Lipinski definition) is 5. The van der Waals surface area contributed by atoms with Crippen LogP contribution in [0.1, 0.15) is 36.3 Å². The molecule has 0 spiro atoms. The molecule has 0 N–H and O–H groups in total. The topological polar surface area (TPSA) is 83.5 Å². The summed E-state index contributed by atoms with van der Waals surface area (Å²) in [5.74, 6) is 0.762. The minimum absolute atomic E-state index is 0.000348. The normalized spacial score (nSPS) is 20.5. The third kappa shape index (κ3) is 3.46. The Hall–Kier alpha value is -2.32. The fraction of sp³-hybridized carbons (Fsp3) is 0.421. The van der Waals surface area contributed by atoms with Gasteiger partial charge in [0.05, 0.1) is 10.6 Å². The first-order valence-electron chi connectivity index (χ1n) is 9.10. The summed E-state index contributed by atoms with van der Waals surface area (Å²) in [6.07, 6.45) is 3.22. The summed E-state index contributed by atoms with van der Waals surface area (Å²) in [5, 5.41) is 0. The number of carbonyl (C=O) groups excluding carboxylic acids is 1. The molecule has 1 amide bonds. The SMILES string of the molecule is CC(=O)N1CCc2nc(C3CCN(S(=O)(=O)c4ccccc4)C3)ncc2C1. The monoisotopic (exact) mass is 386 g/mol. The molecule has 0 bridgehead atoms. The van der Waals surface area contributed by atoms with E-state index in [-0.39, 0.29) is 11.8 Å². The summed E-state index contributed by atoms with van der Waals surface area (Å²) in [6.45, 7) is 3.65. The molecule has 8 heteroatoms. The molecule has 1 fully saturated rings. The second-order valence-corrected chi connectivity index (χ2v) is 8.99. The maximum atomic E-state index is 12.8. The molecule has 0 aliphatic carbocycles. The lowest BCUT2D eigenvalue weighted by Gasteiger charge is -2.27. The van der Waals surface area contributed by atoms with Crippen molar-refractivity contribution in [3.8, 4) is 0 Å². The van der Waals surface area contributed by atoms with Gasteiger partial charge < -0.3 is 4.90 Å². The van der Waals surface area contributed by atoms with Gasteiger partial charge in [-0.15, -0.1) is 0 Å². The van der Waals surface area contributed by atoms with Crippen LogP contribution in [0.25, 0.3) is 0 Å². The van der Waals surface area contributed by atoms with Gasteiger partial charge in [-0.3, -0.25) is 4.79 Å². The number of benzene rings is 1. The van der Waals surface area contributed by atoms with Crippen LogP contribution >= 0.6 is 0 Å². The second-order valence-electron chi connectivity index (χ2n) is 7.05. The van der Waals surface area contributed by atoms with Crippen molar-refractivity contribution in [1.82, 2.24) is 19.2 Å². The van der Waals surface area contributed by atoms with Crippen molar-refractivity contribution in [3.63, 3.8) is 0 Å². The molecule has 1 saturated heterocycles. The van der Waals surface area contributed by atoms with E-state index in [9.17, 15) is 13.2 Å². The van der Waals surface area contributed by atoms with Gasteiger partial charge in [0.25, 0.3) is 0 Å². The molecule has 142 valence electrons. The van der Waals surface area contributed by atoms with Gasteiger partial charge in [0.1, 0.15) is 5.82 Å². The molecule has 1 aromatic heterocycles. The highest BCUT2D eigenvalue weighted by Crippen LogP contribution is 2.30. The maximum Gasteiger partial charge on any atom is 0.243 e. The van der Waals surface area contributed by atoms with Crippen LogP contribution in [0.15, 0.2) is 41.4 Å². The maximum absolute atomic E-state index is 12.8. The highest BCUT2D eigenvalue weighted by molar-refractivity contribution is 7.89. The predicted octanol–water partition coefficient (Wildman–Crippen LogP) is 1.56. The molecule has 7 nitrogen and oxygen atoms in total. The minimum atomic E-state index is -3.48. The number of sulfonamides is 1. The van der Waals surface area contributed by atoms with Crippen LogP contribution in [-0.4, -0.2) is 53.1 Å². The average Bonchev–Trinajstić information content (AvgIpc) is 3.19. The summed E-state index contributed by atoms with van der Waals surface area (Å²) in [7, 11) is -3.48. The number of amides is 1. The fourth-order valence-electron chi connectivity index (χ4n) is 3.70. The van der Waals surface area contributed by atoms with Gasteiger partial charge in [-0.2, -0.15) is 4.31 Å². The Morgan fingerprint density at radius 3 is 2.70 bits per heavy atom. The Kier molecular flexibility index (Phi) is 4.69. The average molecular weight is 386 g/mol. The van der Waals surface area contributed by atoms with E-state index in [0.29, 0.717) is 49.7 Å². The lowest BCUT2D eigenvalue weighted by Crippen LogP contribution is -2.35. The standard InChI is InChI=1S/C19H22N4O3S/c1-14(24)22-9-8-18-16(12-22)11-20-19(21-18)15-7-10-23(13-15)27(25,26)17-5-3-2-4-6-17/h2-6,11,15H,7-10,12-13H2,1H3. The van der Waals surface area contributed by atoms with Gasteiger partial charge in [-0.25, -0.2) is 18.4 Å². The third-order valence-electron chi connectivity index (χ3n) is 5.30. The summed E-state index contributed by atoms with van der Waals surface area (Å²) in [6, 6.07) is 8.52. The number of hydrogen-bond donors (Lipinski definition) is 0. The van der Waals surface area contributed by atoms with Crippen molar-refractivity contribution in [2.75, 3.05) is 19.6 Å². The molecule has 2 aliphatic heterocycles. The fourth-order valence-corrected chi connectivity index (χ4v) is 5.22.